The summed E-state index contributed by atoms with van der Waals surface area (Å²) in [5.74, 6) is -0.710. The van der Waals surface area contributed by atoms with Crippen LogP contribution in [-0.4, -0.2) is 64.3 Å². The van der Waals surface area contributed by atoms with Gasteiger partial charge in [0.15, 0.2) is 0 Å². The maximum Gasteiger partial charge on any atom is 0.410 e. The van der Waals surface area contributed by atoms with Crippen molar-refractivity contribution in [1.82, 2.24) is 9.80 Å². The summed E-state index contributed by atoms with van der Waals surface area (Å²) in [5.41, 5.74) is -1.22. The van der Waals surface area contributed by atoms with E-state index in [0.717, 1.165) is 32.1 Å². The number of piperazine rings is 1. The van der Waals surface area contributed by atoms with Crippen LogP contribution in [-0.2, 0) is 9.53 Å². The Kier molecular flexibility index (Phi) is 5.00. The second-order valence-corrected chi connectivity index (χ2v) is 7.35. The van der Waals surface area contributed by atoms with Gasteiger partial charge in [-0.1, -0.05) is 19.3 Å². The summed E-state index contributed by atoms with van der Waals surface area (Å²) in [6, 6.07) is 0. The van der Waals surface area contributed by atoms with Crippen molar-refractivity contribution in [1.29, 1.82) is 0 Å². The van der Waals surface area contributed by atoms with E-state index in [1.54, 1.807) is 4.90 Å². The van der Waals surface area contributed by atoms with Crippen molar-refractivity contribution in [2.75, 3.05) is 26.2 Å². The van der Waals surface area contributed by atoms with Crippen molar-refractivity contribution in [3.63, 3.8) is 0 Å². The second-order valence-electron chi connectivity index (χ2n) is 7.35. The van der Waals surface area contributed by atoms with Crippen LogP contribution in [0.2, 0.25) is 0 Å². The molecule has 0 spiro atoms. The number of nitrogens with zero attached hydrogens (tertiary/aromatic N) is 2. The van der Waals surface area contributed by atoms with Gasteiger partial charge < -0.3 is 14.7 Å². The van der Waals surface area contributed by atoms with E-state index in [0.29, 0.717) is 26.2 Å². The van der Waals surface area contributed by atoms with Crippen LogP contribution in [0.1, 0.15) is 52.9 Å². The number of aliphatic carboxylic acids is 1. The lowest BCUT2D eigenvalue weighted by atomic mass is 9.80. The van der Waals surface area contributed by atoms with Crippen LogP contribution < -0.4 is 0 Å². The molecule has 0 aromatic heterocycles. The van der Waals surface area contributed by atoms with Gasteiger partial charge >= 0.3 is 12.1 Å². The van der Waals surface area contributed by atoms with E-state index in [1.165, 1.54) is 0 Å². The molecule has 22 heavy (non-hydrogen) atoms. The number of rotatable bonds is 2. The highest BCUT2D eigenvalue weighted by Gasteiger charge is 2.46. The highest BCUT2D eigenvalue weighted by atomic mass is 16.6. The Morgan fingerprint density at radius 2 is 1.55 bits per heavy atom. The number of carbonyl (C=O) groups is 2. The van der Waals surface area contributed by atoms with Crippen molar-refractivity contribution in [3.8, 4) is 0 Å². The summed E-state index contributed by atoms with van der Waals surface area (Å²) >= 11 is 0. The molecule has 0 radical (unpaired) electrons. The van der Waals surface area contributed by atoms with Gasteiger partial charge in [-0.15, -0.1) is 0 Å². The van der Waals surface area contributed by atoms with E-state index >= 15 is 0 Å². The summed E-state index contributed by atoms with van der Waals surface area (Å²) in [7, 11) is 0. The van der Waals surface area contributed by atoms with Crippen molar-refractivity contribution in [2.24, 2.45) is 0 Å². The van der Waals surface area contributed by atoms with Crippen LogP contribution in [0.15, 0.2) is 0 Å². The van der Waals surface area contributed by atoms with Gasteiger partial charge in [0, 0.05) is 26.2 Å². The second kappa shape index (κ2) is 6.44. The van der Waals surface area contributed by atoms with Crippen molar-refractivity contribution >= 4 is 12.1 Å². The Bertz CT molecular complexity index is 416. The highest BCUT2D eigenvalue weighted by Crippen LogP contribution is 2.34. The SMILES string of the molecule is CC(C)(C)OC(=O)N1CCN(C2(C(=O)O)CCCCC2)CC1. The zero-order valence-electron chi connectivity index (χ0n) is 13.9. The molecule has 2 aliphatic rings. The van der Waals surface area contributed by atoms with Gasteiger partial charge in [0.05, 0.1) is 0 Å². The Morgan fingerprint density at radius 1 is 1.00 bits per heavy atom. The van der Waals surface area contributed by atoms with E-state index in [4.69, 9.17) is 4.74 Å². The number of ether oxygens (including phenoxy) is 1. The normalized spacial score (nSPS) is 23.1. The largest absolute Gasteiger partial charge is 0.480 e. The summed E-state index contributed by atoms with van der Waals surface area (Å²) in [6.45, 7) is 7.82. The predicted molar refractivity (Wildman–Crippen MR) is 82.8 cm³/mol. The quantitative estimate of drug-likeness (QED) is 0.847. The molecule has 1 aliphatic carbocycles. The number of amides is 1. The molecular weight excluding hydrogens is 284 g/mol. The molecule has 0 atom stereocenters. The van der Waals surface area contributed by atoms with Gasteiger partial charge in [-0.2, -0.15) is 0 Å². The maximum absolute atomic E-state index is 12.1. The van der Waals surface area contributed by atoms with Gasteiger partial charge in [0.2, 0.25) is 0 Å². The molecular formula is C16H28N2O4. The summed E-state index contributed by atoms with van der Waals surface area (Å²) < 4.78 is 5.38. The van der Waals surface area contributed by atoms with Crippen molar-refractivity contribution in [2.45, 2.75) is 64.0 Å². The summed E-state index contributed by atoms with van der Waals surface area (Å²) in [4.78, 5) is 27.7. The lowest BCUT2D eigenvalue weighted by Crippen LogP contribution is -2.62. The molecule has 1 aliphatic heterocycles. The van der Waals surface area contributed by atoms with E-state index in [-0.39, 0.29) is 6.09 Å². The van der Waals surface area contributed by atoms with E-state index in [2.05, 4.69) is 4.90 Å². The zero-order valence-corrected chi connectivity index (χ0v) is 13.9. The van der Waals surface area contributed by atoms with Crippen molar-refractivity contribution < 1.29 is 19.4 Å². The van der Waals surface area contributed by atoms with Crippen molar-refractivity contribution in [3.05, 3.63) is 0 Å². The molecule has 0 bridgehead atoms. The van der Waals surface area contributed by atoms with Gasteiger partial charge in [-0.25, -0.2) is 4.79 Å². The van der Waals surface area contributed by atoms with Crippen LogP contribution in [0.5, 0.6) is 0 Å². The molecule has 1 amide bonds. The predicted octanol–water partition coefficient (Wildman–Crippen LogP) is 2.33. The Labute approximate surface area is 132 Å². The lowest BCUT2D eigenvalue weighted by Gasteiger charge is -2.46. The first-order valence-electron chi connectivity index (χ1n) is 8.21. The van der Waals surface area contributed by atoms with Gasteiger partial charge in [0.25, 0.3) is 0 Å². The van der Waals surface area contributed by atoms with Crippen LogP contribution in [0.4, 0.5) is 4.79 Å². The molecule has 0 aromatic rings. The molecule has 0 aromatic carbocycles. The first kappa shape index (κ1) is 17.1. The van der Waals surface area contributed by atoms with E-state index in [1.807, 2.05) is 20.8 Å². The topological polar surface area (TPSA) is 70.1 Å². The Morgan fingerprint density at radius 3 is 2.00 bits per heavy atom. The Hall–Kier alpha value is -1.30. The smallest absolute Gasteiger partial charge is 0.410 e. The fourth-order valence-electron chi connectivity index (χ4n) is 3.45. The molecule has 6 heteroatoms. The molecule has 0 unspecified atom stereocenters. The van der Waals surface area contributed by atoms with Crippen LogP contribution in [0.25, 0.3) is 0 Å². The fraction of sp³-hybridized carbons (Fsp3) is 0.875. The number of carboxylic acids is 1. The van der Waals surface area contributed by atoms with E-state index < -0.39 is 17.1 Å². The molecule has 1 heterocycles. The summed E-state index contributed by atoms with van der Waals surface area (Å²) in [6.07, 6.45) is 4.19. The third-order valence-electron chi connectivity index (χ3n) is 4.62. The lowest BCUT2D eigenvalue weighted by molar-refractivity contribution is -0.155. The monoisotopic (exact) mass is 312 g/mol. The molecule has 2 rings (SSSR count). The van der Waals surface area contributed by atoms with Gasteiger partial charge in [-0.05, 0) is 33.6 Å². The number of carbonyl (C=O) groups excluding carboxylic acids is 1. The van der Waals surface area contributed by atoms with Gasteiger partial charge in [-0.3, -0.25) is 9.69 Å². The zero-order chi connectivity index (χ0) is 16.4. The number of hydrogen-bond donors (Lipinski definition) is 1. The molecule has 2 fully saturated rings. The summed E-state index contributed by atoms with van der Waals surface area (Å²) in [5, 5.41) is 9.72. The minimum absolute atomic E-state index is 0.305. The third-order valence-corrected chi connectivity index (χ3v) is 4.62. The molecule has 1 saturated carbocycles. The minimum atomic E-state index is -0.724. The maximum atomic E-state index is 12.1. The van der Waals surface area contributed by atoms with Crippen LogP contribution in [0, 0.1) is 0 Å². The average molecular weight is 312 g/mol. The highest BCUT2D eigenvalue weighted by molar-refractivity contribution is 5.79. The first-order valence-corrected chi connectivity index (χ1v) is 8.21. The third kappa shape index (κ3) is 3.72. The van der Waals surface area contributed by atoms with Gasteiger partial charge in [0.1, 0.15) is 11.1 Å². The fourth-order valence-corrected chi connectivity index (χ4v) is 3.45. The minimum Gasteiger partial charge on any atom is -0.480 e. The van der Waals surface area contributed by atoms with Crippen LogP contribution in [0.3, 0.4) is 0 Å². The number of hydrogen-bond acceptors (Lipinski definition) is 4. The van der Waals surface area contributed by atoms with E-state index in [9.17, 15) is 14.7 Å². The molecule has 1 N–H and O–H groups in total. The number of carboxylic acid groups (broad SMARTS) is 1. The average Bonchev–Trinajstić information content (AvgIpc) is 2.46. The molecule has 6 nitrogen and oxygen atoms in total. The Balaban J connectivity index is 1.96. The van der Waals surface area contributed by atoms with Crippen LogP contribution >= 0.6 is 0 Å². The standard InChI is InChI=1S/C16H28N2O4/c1-15(2,3)22-14(21)17-9-11-18(12-10-17)16(13(19)20)7-5-4-6-8-16/h4-12H2,1-3H3,(H,19,20). The molecule has 126 valence electrons. The molecule has 1 saturated heterocycles. The first-order chi connectivity index (χ1) is 10.2.